The number of urea groups is 1. The first kappa shape index (κ1) is 106. The van der Waals surface area contributed by atoms with Gasteiger partial charge >= 0.3 is 51.8 Å². The minimum absolute atomic E-state index is 0.0158. The average Bonchev–Trinajstić information content (AvgIpc) is 0.846. The number of nitrogens with two attached hydrogens (primary N) is 1. The number of primary amides is 1. The van der Waals surface area contributed by atoms with Crippen molar-refractivity contribution in [2.24, 2.45) is 29.4 Å². The van der Waals surface area contributed by atoms with Gasteiger partial charge in [-0.2, -0.15) is 4.31 Å². The number of ether oxygens (including phenoxy) is 5. The van der Waals surface area contributed by atoms with E-state index in [1.54, 1.807) is 117 Å². The predicted octanol–water partition coefficient (Wildman–Crippen LogP) is 10.3. The monoisotopic (exact) mass is 1790 g/mol. The lowest BCUT2D eigenvalue weighted by Gasteiger charge is -2.33. The zero-order valence-electron chi connectivity index (χ0n) is 73.2. The molecule has 688 valence electrons. The summed E-state index contributed by atoms with van der Waals surface area (Å²) in [6.07, 6.45) is 8.02. The highest BCUT2D eigenvalue weighted by molar-refractivity contribution is 7.61. The molecule has 0 bridgehead atoms. The third-order valence-electron chi connectivity index (χ3n) is 20.6. The van der Waals surface area contributed by atoms with E-state index in [1.165, 1.54) is 40.9 Å². The lowest BCUT2D eigenvalue weighted by Crippen LogP contribution is -2.57. The van der Waals surface area contributed by atoms with Gasteiger partial charge in [-0.05, 0) is 177 Å². The van der Waals surface area contributed by atoms with E-state index in [-0.39, 0.29) is 114 Å². The smallest absolute Gasteiger partial charge is 0.461 e. The second kappa shape index (κ2) is 54.5. The molecule has 0 saturated heterocycles. The van der Waals surface area contributed by atoms with Crippen LogP contribution in [0.3, 0.4) is 0 Å². The highest BCUT2D eigenvalue weighted by Gasteiger charge is 2.40. The molecule has 39 heteroatoms. The minimum Gasteiger partial charge on any atom is -0.461 e. The Morgan fingerprint density at radius 1 is 0.724 bits per heavy atom. The van der Waals surface area contributed by atoms with Crippen molar-refractivity contribution >= 4 is 110 Å². The Bertz CT molecular complexity index is 4020. The quantitative estimate of drug-likeness (QED) is 0.00978. The number of cyclic esters (lactones) is 2. The number of nitrogens with zero attached hydrogens (tertiary/aromatic N) is 2. The van der Waals surface area contributed by atoms with E-state index in [9.17, 15) is 81.2 Å². The van der Waals surface area contributed by atoms with Crippen LogP contribution < -0.4 is 48.3 Å². The van der Waals surface area contributed by atoms with Crippen LogP contribution in [0.1, 0.15) is 210 Å². The van der Waals surface area contributed by atoms with Gasteiger partial charge in [-0.15, -0.1) is 0 Å². The third-order valence-corrected chi connectivity index (χ3v) is 23.6. The normalized spacial score (nSPS) is 22.9. The van der Waals surface area contributed by atoms with Gasteiger partial charge in [0.15, 0.2) is 6.10 Å². The van der Waals surface area contributed by atoms with E-state index in [2.05, 4.69) is 59.0 Å². The van der Waals surface area contributed by atoms with Crippen LogP contribution in [0.2, 0.25) is 5.02 Å². The molecule has 0 spiro atoms. The standard InChI is InChI=1S/C84H130ClN11O25P2/c1-15-54(7)72-77(102)90-59(12)81(106)120-73(55(8)16-2)57(10)67(43-34-56(9)80(105)118-68(48-52(3)4)75(100)89-58(11)78(103)96(14)66(49-60-35-39-62(85)40-36-60)79(104)95(13)50-69(97)93-72)119-83(108)88-44-26-22-28-47-116-123(112,113)121-122(110,111)115-46-27-21-20-25-33-70(98)114-51-61-37-41-63(42-38-61)91-74(99)65(32-29-45-87-82(86)107)92-76(101)71(53(5)6)94-84(109)117-64-30-23-18-17-19-24-31-64/h16-18,34-42,52-54,57-59,64-68,71-73H,15,19-33,43-51H2,1-14H3,(H,88,108)(H,89,100)(H,90,102)(H,91,99)(H,92,101)(H,93,97)(H,94,109)(H,110,111)(H,112,113)(H3,86,87,107)/b18-17+,55-16+,56-34+/t54?,57-,58-,59-,64?,65+,66+,67-,68+,71+,72-,73+/m0/s1. The number of unbranched alkanes of at least 4 members (excludes halogenated alkanes) is 5. The lowest BCUT2D eigenvalue weighted by molar-refractivity contribution is -0.155. The number of amides is 11. The number of phosphoric acid groups is 2. The molecule has 0 radical (unpaired) electrons. The van der Waals surface area contributed by atoms with Crippen molar-refractivity contribution in [1.82, 2.24) is 47.0 Å². The lowest BCUT2D eigenvalue weighted by atomic mass is 9.90. The van der Waals surface area contributed by atoms with Gasteiger partial charge < -0.3 is 91.5 Å². The van der Waals surface area contributed by atoms with E-state index in [0.717, 1.165) is 29.1 Å². The van der Waals surface area contributed by atoms with E-state index in [1.807, 2.05) is 0 Å². The molecule has 4 unspecified atom stereocenters. The molecule has 0 saturated carbocycles. The van der Waals surface area contributed by atoms with Crippen LogP contribution in [0, 0.1) is 23.7 Å². The Kier molecular flexibility index (Phi) is 47.0. The number of hydrogen-bond donors (Lipinski definition) is 11. The summed E-state index contributed by atoms with van der Waals surface area (Å²) in [5.74, 6) is -9.19. The van der Waals surface area contributed by atoms with E-state index >= 15 is 0 Å². The number of rotatable bonds is 38. The van der Waals surface area contributed by atoms with E-state index < -0.39 is 173 Å². The average molecular weight is 1790 g/mol. The third kappa shape index (κ3) is 40.1. The van der Waals surface area contributed by atoms with Crippen LogP contribution in [0.4, 0.5) is 20.1 Å². The Hall–Kier alpha value is -9.28. The summed E-state index contributed by atoms with van der Waals surface area (Å²) in [7, 11) is -7.54. The largest absolute Gasteiger partial charge is 0.481 e. The minimum atomic E-state index is -5.15. The molecule has 1 heterocycles. The zero-order chi connectivity index (χ0) is 91.7. The van der Waals surface area contributed by atoms with Crippen LogP contribution in [0.5, 0.6) is 0 Å². The zero-order valence-corrected chi connectivity index (χ0v) is 75.8. The number of anilines is 1. The number of phosphoric ester groups is 2. The van der Waals surface area contributed by atoms with Gasteiger partial charge in [0, 0.05) is 68.6 Å². The number of allylic oxidation sites excluding steroid dienone is 3. The topological polar surface area (TPSA) is 499 Å². The summed E-state index contributed by atoms with van der Waals surface area (Å²) >= 11 is 6.18. The first-order valence-corrected chi connectivity index (χ1v) is 45.4. The molecule has 2 aromatic rings. The van der Waals surface area contributed by atoms with Gasteiger partial charge in [-0.25, -0.2) is 33.1 Å². The van der Waals surface area contributed by atoms with Gasteiger partial charge in [-0.3, -0.25) is 47.4 Å². The van der Waals surface area contributed by atoms with E-state index in [4.69, 9.17) is 50.1 Å². The van der Waals surface area contributed by atoms with Crippen molar-refractivity contribution in [3.05, 3.63) is 100 Å². The molecule has 123 heavy (non-hydrogen) atoms. The number of carbonyl (C=O) groups is 13. The highest BCUT2D eigenvalue weighted by atomic mass is 35.5. The van der Waals surface area contributed by atoms with Gasteiger partial charge in [-0.1, -0.05) is 128 Å². The molecule has 11 amide bonds. The van der Waals surface area contributed by atoms with Gasteiger partial charge in [0.25, 0.3) is 5.91 Å². The fourth-order valence-corrected chi connectivity index (χ4v) is 15.3. The van der Waals surface area contributed by atoms with Crippen molar-refractivity contribution in [1.29, 1.82) is 0 Å². The molecule has 36 nitrogen and oxygen atoms in total. The number of halogens is 1. The number of carbonyl (C=O) groups excluding carboxylic acids is 13. The summed E-state index contributed by atoms with van der Waals surface area (Å²) < 4.78 is 68.8. The molecule has 1 aliphatic heterocycles. The fourth-order valence-electron chi connectivity index (χ4n) is 13.0. The molecule has 2 aliphatic rings. The maximum absolute atomic E-state index is 14.4. The summed E-state index contributed by atoms with van der Waals surface area (Å²) in [6.45, 7) is 18.4. The first-order chi connectivity index (χ1) is 58.0. The number of benzene rings is 2. The maximum atomic E-state index is 14.4. The van der Waals surface area contributed by atoms with Crippen molar-refractivity contribution in [3.8, 4) is 0 Å². The molecule has 2 aromatic carbocycles. The second-order valence-electron chi connectivity index (χ2n) is 31.8. The van der Waals surface area contributed by atoms with Crippen molar-refractivity contribution in [3.63, 3.8) is 0 Å². The van der Waals surface area contributed by atoms with Crippen LogP contribution in [0.25, 0.3) is 0 Å². The number of alkyl carbamates (subject to hydrolysis) is 2. The van der Waals surface area contributed by atoms with E-state index in [0.29, 0.717) is 65.9 Å². The van der Waals surface area contributed by atoms with Crippen molar-refractivity contribution < 1.29 is 118 Å². The first-order valence-electron chi connectivity index (χ1n) is 42.0. The van der Waals surface area contributed by atoms with Gasteiger partial charge in [0.05, 0.1) is 19.8 Å². The second-order valence-corrected chi connectivity index (χ2v) is 35.3. The molecule has 14 atom stereocenters. The maximum Gasteiger partial charge on any atom is 0.481 e. The van der Waals surface area contributed by atoms with Crippen LogP contribution in [0.15, 0.2) is 84.0 Å². The molecule has 0 aromatic heterocycles. The Morgan fingerprint density at radius 3 is 1.97 bits per heavy atom. The molecular formula is C84H130ClN11O25P2. The molecule has 0 fully saturated rings. The SMILES string of the molecule is C/C=C(\C)[C@H]1OC(=O)[C@H](C)NC(=O)[C@H](C(C)CC)NC(=O)CN(C)C(=O)[C@@H](Cc2ccc(Cl)cc2)N(C)C(=O)[C@H](C)NC(=O)[C@@H](CC(C)C)OC(=O)/C(C)=C/C[C@H](OC(=O)NCCCCCOP(=O)(O)OP(=O)(O)OCCCCCCC(=O)OCc2ccc(NC(=O)[C@@H](CCCNC(N)=O)NC(=O)[C@H](NC(=O)OC3CC/C=C/CCC3)C(C)C)cc2)[C@@H]1C. The summed E-state index contributed by atoms with van der Waals surface area (Å²) in [4.78, 5) is 200. The number of likely N-dealkylation sites (N-methyl/N-ethyl adjacent to an activating group) is 2. The number of esters is 3. The predicted molar refractivity (Wildman–Crippen MR) is 458 cm³/mol. The van der Waals surface area contributed by atoms with Gasteiger partial charge in [0.1, 0.15) is 61.2 Å². The summed E-state index contributed by atoms with van der Waals surface area (Å²) in [6, 6.07) is 5.06. The Labute approximate surface area is 726 Å². The Balaban J connectivity index is 1.30. The number of nitrogens with one attached hydrogen (secondary N) is 8. The Morgan fingerprint density at radius 2 is 1.34 bits per heavy atom. The van der Waals surface area contributed by atoms with Crippen LogP contribution in [-0.4, -0.2) is 205 Å². The summed E-state index contributed by atoms with van der Waals surface area (Å²) in [5.41, 5.74) is 7.26. The van der Waals surface area contributed by atoms with Crippen molar-refractivity contribution in [2.45, 2.75) is 272 Å². The van der Waals surface area contributed by atoms with Crippen LogP contribution in [-0.2, 0) is 107 Å². The fraction of sp³-hybridized carbons (Fsp3) is 0.631. The molecule has 12 N–H and O–H groups in total. The number of hydrogen-bond acceptors (Lipinski definition) is 23. The van der Waals surface area contributed by atoms with Crippen LogP contribution >= 0.6 is 27.2 Å². The van der Waals surface area contributed by atoms with Gasteiger partial charge in [0.2, 0.25) is 35.4 Å². The van der Waals surface area contributed by atoms with Crippen molar-refractivity contribution in [2.75, 3.05) is 52.3 Å². The molecule has 1 aliphatic carbocycles. The molecular weight excluding hydrogens is 1660 g/mol. The highest BCUT2D eigenvalue weighted by Crippen LogP contribution is 2.60. The summed E-state index contributed by atoms with van der Waals surface area (Å²) in [5, 5.41) is 21.7. The molecule has 4 rings (SSSR count).